The zero-order valence-corrected chi connectivity index (χ0v) is 27.5. The van der Waals surface area contributed by atoms with Crippen molar-refractivity contribution in [2.24, 2.45) is 5.73 Å². The lowest BCUT2D eigenvalue weighted by Crippen LogP contribution is -2.20. The van der Waals surface area contributed by atoms with Crippen molar-refractivity contribution in [1.82, 2.24) is 51.0 Å². The monoisotopic (exact) mass is 708 g/mol. The number of rotatable bonds is 8. The van der Waals surface area contributed by atoms with Crippen LogP contribution in [0.5, 0.6) is 0 Å². The highest BCUT2D eigenvalue weighted by Gasteiger charge is 2.09. The molecule has 0 radical (unpaired) electrons. The summed E-state index contributed by atoms with van der Waals surface area (Å²) < 4.78 is 0. The van der Waals surface area contributed by atoms with Gasteiger partial charge >= 0.3 is 0 Å². The Morgan fingerprint density at radius 1 is 0.667 bits per heavy atom. The van der Waals surface area contributed by atoms with Crippen LogP contribution < -0.4 is 38.4 Å². The normalized spacial score (nSPS) is 8.67. The lowest BCUT2D eigenvalue weighted by molar-refractivity contribution is 0.180. The van der Waals surface area contributed by atoms with Gasteiger partial charge in [0.1, 0.15) is 0 Å². The van der Waals surface area contributed by atoms with Gasteiger partial charge in [-0.3, -0.25) is 9.68 Å². The van der Waals surface area contributed by atoms with Crippen LogP contribution in [0.15, 0.2) is 0 Å². The fourth-order valence-corrected chi connectivity index (χ4v) is 2.65. The molecule has 11 N–H and O–H groups in total. The van der Waals surface area contributed by atoms with Gasteiger partial charge in [-0.25, -0.2) is 10.1 Å². The molecule has 0 saturated heterocycles. The third-order valence-corrected chi connectivity index (χ3v) is 4.39. The van der Waals surface area contributed by atoms with E-state index in [2.05, 4.69) is 79.7 Å². The summed E-state index contributed by atoms with van der Waals surface area (Å²) in [4.78, 5) is 43.7. The summed E-state index contributed by atoms with van der Waals surface area (Å²) in [6.45, 7) is 0.982. The summed E-state index contributed by atoms with van der Waals surface area (Å²) in [5.74, 6) is 8.35. The molecule has 246 valence electrons. The summed E-state index contributed by atoms with van der Waals surface area (Å²) in [5.41, 5.74) is 10.3. The molecule has 0 aliphatic carbocycles. The van der Waals surface area contributed by atoms with Crippen LogP contribution in [0.4, 0.5) is 29.7 Å². The third-order valence-electron chi connectivity index (χ3n) is 3.72. The highest BCUT2D eigenvalue weighted by molar-refractivity contribution is 6.33. The van der Waals surface area contributed by atoms with Crippen LogP contribution in [-0.2, 0) is 9.68 Å². The smallest absolute Gasteiger partial charge is 0.256 e. The van der Waals surface area contributed by atoms with E-state index in [1.165, 1.54) is 24.3 Å². The summed E-state index contributed by atoms with van der Waals surface area (Å²) >= 11 is 21.7. The summed E-state index contributed by atoms with van der Waals surface area (Å²) in [6.07, 6.45) is 14.8. The first-order valence-corrected chi connectivity index (χ1v) is 12.6. The van der Waals surface area contributed by atoms with Gasteiger partial charge in [0.15, 0.2) is 0 Å². The van der Waals surface area contributed by atoms with E-state index < -0.39 is 0 Å². The predicted octanol–water partition coefficient (Wildman–Crippen LogP) is 0.812. The van der Waals surface area contributed by atoms with Gasteiger partial charge in [0.05, 0.1) is 33.9 Å². The lowest BCUT2D eigenvalue weighted by Gasteiger charge is -2.14. The van der Waals surface area contributed by atoms with Gasteiger partial charge in [-0.1, -0.05) is 17.8 Å². The second-order valence-corrected chi connectivity index (χ2v) is 7.92. The molecule has 0 atom stereocenters. The average Bonchev–Trinajstić information content (AvgIpc) is 2.97. The van der Waals surface area contributed by atoms with E-state index in [9.17, 15) is 0 Å². The van der Waals surface area contributed by atoms with Crippen molar-refractivity contribution in [1.29, 1.82) is 0 Å². The Morgan fingerprint density at radius 2 is 1.02 bits per heavy atom. The van der Waals surface area contributed by atoms with Gasteiger partial charge in [-0.2, -0.15) is 44.9 Å². The molecule has 19 nitrogen and oxygen atoms in total. The molecule has 0 spiro atoms. The number of nitrogens with one attached hydrogen (secondary N) is 2. The summed E-state index contributed by atoms with van der Waals surface area (Å²) in [6, 6.07) is 0. The minimum Gasteiger partial charge on any atom is -0.412 e. The highest BCUT2D eigenvalue weighted by atomic mass is 35.5. The molecular weight excluding hydrogens is 678 g/mol. The fraction of sp³-hybridized carbons (Fsp3) is 0.318. The van der Waals surface area contributed by atoms with E-state index in [1.807, 2.05) is 0 Å². The molecule has 0 aromatic carbocycles. The van der Waals surface area contributed by atoms with Crippen LogP contribution in [0.3, 0.4) is 0 Å². The van der Waals surface area contributed by atoms with E-state index in [0.29, 0.717) is 43.4 Å². The number of hydrogen-bond donors (Lipinski definition) is 5. The molecule has 3 heterocycles. The molecule has 0 fully saturated rings. The minimum atomic E-state index is 0. The van der Waals surface area contributed by atoms with Crippen molar-refractivity contribution in [3.8, 4) is 37.0 Å². The maximum Gasteiger partial charge on any atom is 0.256 e. The van der Waals surface area contributed by atoms with E-state index in [0.717, 1.165) is 0 Å². The van der Waals surface area contributed by atoms with Gasteiger partial charge in [0.25, 0.3) is 11.9 Å². The topological polar surface area (TPSA) is 284 Å². The lowest BCUT2D eigenvalue weighted by atomic mass is 10.6. The molecule has 0 bridgehead atoms. The van der Waals surface area contributed by atoms with Gasteiger partial charge < -0.3 is 33.7 Å². The first kappa shape index (κ1) is 45.1. The first-order valence-electron chi connectivity index (χ1n) is 11.1. The van der Waals surface area contributed by atoms with Gasteiger partial charge in [0.2, 0.25) is 39.0 Å². The van der Waals surface area contributed by atoms with Crippen molar-refractivity contribution < 1.29 is 15.2 Å². The summed E-state index contributed by atoms with van der Waals surface area (Å²) in [7, 11) is 6.29. The number of hydrogen-bond acceptors (Lipinski definition) is 18. The number of terminal acetylenes is 3. The number of anilines is 5. The van der Waals surface area contributed by atoms with Crippen LogP contribution in [0.1, 0.15) is 0 Å². The van der Waals surface area contributed by atoms with Crippen LogP contribution in [0.25, 0.3) is 0 Å². The second kappa shape index (κ2) is 26.1. The van der Waals surface area contributed by atoms with E-state index in [1.54, 1.807) is 14.1 Å². The van der Waals surface area contributed by atoms with Crippen LogP contribution in [-0.4, -0.2) is 98.3 Å². The van der Waals surface area contributed by atoms with E-state index in [4.69, 9.17) is 80.4 Å². The van der Waals surface area contributed by atoms with Crippen LogP contribution in [0, 0.1) is 37.0 Å². The molecule has 0 aliphatic heterocycles. The molecule has 23 heteroatoms. The fourth-order valence-electron chi connectivity index (χ4n) is 1.89. The van der Waals surface area contributed by atoms with Gasteiger partial charge in [-0.05, 0) is 46.4 Å². The first-order chi connectivity index (χ1) is 20.4. The Balaban J connectivity index is -0.000000556. The zero-order valence-electron chi connectivity index (χ0n) is 24.5. The molecule has 3 rings (SSSR count). The number of aromatic nitrogens is 9. The van der Waals surface area contributed by atoms with Crippen LogP contribution in [0.2, 0.25) is 21.1 Å². The number of nitrogens with two attached hydrogens (primary N) is 2. The standard InChI is InChI=1S/C8H10ClN5O.C8H12N6O.C3Cl3N3.C3H5N.H3N.H2O/c2*1-4-5-10-7-11-6(9)12-8(13-7)14(2)15-3;4-1-7-2(5)9-3(6)8-1;1-2-3-4;;/h1H,5H2,2-3H3,(H,10,11,12,13);1H,5H2,2-3H3,(H3,9,10,11,12,13);;1H,3-4H2;1H3;1H2. The SMILES string of the molecule is C#CCN.C#CCNc1nc(Cl)nc(N(C)OC)n1.C#CCNc1nc(N)nc(N(C)OC)n1.Clc1nc(Cl)nc(Cl)n1.N.O. The molecule has 0 amide bonds. The Bertz CT molecular complexity index is 1280. The Hall–Kier alpha value is -4.33. The van der Waals surface area contributed by atoms with Crippen molar-refractivity contribution in [3.63, 3.8) is 0 Å². The van der Waals surface area contributed by atoms with E-state index >= 15 is 0 Å². The molecule has 3 aromatic heterocycles. The maximum atomic E-state index is 5.69. The molecular formula is C22H32Cl4N16O3. The maximum absolute atomic E-state index is 5.69. The summed E-state index contributed by atoms with van der Waals surface area (Å²) in [5, 5.41) is 8.37. The Labute approximate surface area is 280 Å². The van der Waals surface area contributed by atoms with Crippen molar-refractivity contribution in [3.05, 3.63) is 21.1 Å². The number of halogens is 4. The molecule has 0 saturated carbocycles. The number of nitrogen functional groups attached to an aromatic ring is 1. The zero-order chi connectivity index (χ0) is 32.8. The number of hydroxylamine groups is 2. The Morgan fingerprint density at radius 3 is 1.38 bits per heavy atom. The van der Waals surface area contributed by atoms with Gasteiger partial charge in [-0.15, -0.1) is 19.3 Å². The third kappa shape index (κ3) is 20.3. The highest BCUT2D eigenvalue weighted by Crippen LogP contribution is 2.12. The van der Waals surface area contributed by atoms with E-state index in [-0.39, 0.29) is 38.7 Å². The Kier molecular flexibility index (Phi) is 26.2. The molecule has 3 aromatic rings. The van der Waals surface area contributed by atoms with Crippen molar-refractivity contribution in [2.45, 2.75) is 0 Å². The average molecular weight is 710 g/mol. The quantitative estimate of drug-likeness (QED) is 0.160. The largest absolute Gasteiger partial charge is 0.412 e. The molecule has 0 aliphatic rings. The second-order valence-electron chi connectivity index (χ2n) is 6.57. The van der Waals surface area contributed by atoms with Crippen molar-refractivity contribution >= 4 is 76.1 Å². The molecule has 0 unspecified atom stereocenters. The predicted molar refractivity (Wildman–Crippen MR) is 176 cm³/mol. The molecule has 45 heavy (non-hydrogen) atoms. The van der Waals surface area contributed by atoms with Crippen molar-refractivity contribution in [2.75, 3.05) is 74.4 Å². The number of nitrogens with zero attached hydrogens (tertiary/aromatic N) is 11. The van der Waals surface area contributed by atoms with Crippen LogP contribution >= 0.6 is 46.4 Å². The minimum absolute atomic E-state index is 0. The van der Waals surface area contributed by atoms with Gasteiger partial charge in [0, 0.05) is 14.1 Å².